The number of urea groups is 1. The summed E-state index contributed by atoms with van der Waals surface area (Å²) in [5, 5.41) is 11.4. The molecular formula is C23H27N5O2. The Hall–Kier alpha value is -3.35. The second-order valence-electron chi connectivity index (χ2n) is 7.59. The van der Waals surface area contributed by atoms with Crippen LogP contribution in [0.4, 0.5) is 4.79 Å². The number of carbonyl (C=O) groups excluding carboxylic acids is 1. The zero-order chi connectivity index (χ0) is 20.8. The molecule has 1 fully saturated rings. The van der Waals surface area contributed by atoms with E-state index in [2.05, 4.69) is 27.6 Å². The van der Waals surface area contributed by atoms with E-state index in [1.807, 2.05) is 51.9 Å². The second-order valence-corrected chi connectivity index (χ2v) is 7.59. The van der Waals surface area contributed by atoms with Gasteiger partial charge in [0.1, 0.15) is 17.9 Å². The van der Waals surface area contributed by atoms with Crippen LogP contribution in [0.3, 0.4) is 0 Å². The van der Waals surface area contributed by atoms with Crippen molar-refractivity contribution in [2.24, 2.45) is 5.92 Å². The van der Waals surface area contributed by atoms with Crippen LogP contribution in [0.25, 0.3) is 5.69 Å². The van der Waals surface area contributed by atoms with E-state index in [9.17, 15) is 4.79 Å². The molecule has 7 nitrogen and oxygen atoms in total. The van der Waals surface area contributed by atoms with E-state index in [1.165, 1.54) is 0 Å². The number of hydrogen-bond donors (Lipinski definition) is 1. The molecule has 0 spiro atoms. The van der Waals surface area contributed by atoms with E-state index in [1.54, 1.807) is 13.4 Å². The molecule has 1 aliphatic rings. The number of benzene rings is 2. The minimum Gasteiger partial charge on any atom is -0.497 e. The van der Waals surface area contributed by atoms with Gasteiger partial charge in [-0.25, -0.2) is 4.79 Å². The molecule has 2 heterocycles. The number of aromatic nitrogens is 3. The number of rotatable bonds is 6. The fourth-order valence-electron chi connectivity index (χ4n) is 3.83. The van der Waals surface area contributed by atoms with Gasteiger partial charge >= 0.3 is 6.03 Å². The highest BCUT2D eigenvalue weighted by Gasteiger charge is 2.24. The summed E-state index contributed by atoms with van der Waals surface area (Å²) in [6, 6.07) is 17.9. The van der Waals surface area contributed by atoms with Crippen LogP contribution in [0.2, 0.25) is 0 Å². The molecule has 3 aromatic rings. The summed E-state index contributed by atoms with van der Waals surface area (Å²) in [5.41, 5.74) is 2.13. The smallest absolute Gasteiger partial charge is 0.317 e. The molecule has 0 unspecified atom stereocenters. The number of methoxy groups -OCH3 is 1. The lowest BCUT2D eigenvalue weighted by atomic mass is 9.93. The van der Waals surface area contributed by atoms with E-state index in [-0.39, 0.29) is 6.03 Å². The maximum Gasteiger partial charge on any atom is 0.317 e. The van der Waals surface area contributed by atoms with Gasteiger partial charge in [-0.3, -0.25) is 4.57 Å². The summed E-state index contributed by atoms with van der Waals surface area (Å²) in [4.78, 5) is 14.4. The first-order chi connectivity index (χ1) is 14.7. The Balaban J connectivity index is 1.26. The number of hydrogen-bond acceptors (Lipinski definition) is 4. The van der Waals surface area contributed by atoms with Gasteiger partial charge in [-0.05, 0) is 48.6 Å². The topological polar surface area (TPSA) is 72.3 Å². The minimum absolute atomic E-state index is 0.00304. The van der Waals surface area contributed by atoms with Gasteiger partial charge in [0.05, 0.1) is 7.11 Å². The van der Waals surface area contributed by atoms with Crippen molar-refractivity contribution in [3.05, 3.63) is 72.3 Å². The molecule has 1 saturated heterocycles. The third kappa shape index (κ3) is 4.79. The van der Waals surface area contributed by atoms with Crippen molar-refractivity contribution in [1.82, 2.24) is 25.0 Å². The molecule has 1 aromatic heterocycles. The number of para-hydroxylation sites is 1. The Morgan fingerprint density at radius 3 is 2.53 bits per heavy atom. The molecule has 2 aromatic carbocycles. The second kappa shape index (κ2) is 9.43. The van der Waals surface area contributed by atoms with E-state index in [4.69, 9.17) is 4.74 Å². The maximum atomic E-state index is 12.5. The number of likely N-dealkylation sites (tertiary alicyclic amines) is 1. The highest BCUT2D eigenvalue weighted by molar-refractivity contribution is 5.74. The Morgan fingerprint density at radius 1 is 1.10 bits per heavy atom. The molecule has 0 aliphatic carbocycles. The van der Waals surface area contributed by atoms with Gasteiger partial charge in [0.25, 0.3) is 0 Å². The summed E-state index contributed by atoms with van der Waals surface area (Å²) >= 11 is 0. The average Bonchev–Trinajstić information content (AvgIpc) is 3.27. The van der Waals surface area contributed by atoms with Crippen molar-refractivity contribution in [1.29, 1.82) is 0 Å². The van der Waals surface area contributed by atoms with Crippen LogP contribution in [-0.2, 0) is 13.0 Å². The quantitative estimate of drug-likeness (QED) is 0.682. The van der Waals surface area contributed by atoms with E-state index >= 15 is 0 Å². The van der Waals surface area contributed by atoms with Gasteiger partial charge in [0.15, 0.2) is 0 Å². The molecule has 1 N–H and O–H groups in total. The van der Waals surface area contributed by atoms with Crippen LogP contribution >= 0.6 is 0 Å². The Bertz CT molecular complexity index is 947. The average molecular weight is 406 g/mol. The van der Waals surface area contributed by atoms with Crippen molar-refractivity contribution in [2.45, 2.75) is 25.8 Å². The van der Waals surface area contributed by atoms with E-state index < -0.39 is 0 Å². The van der Waals surface area contributed by atoms with Gasteiger partial charge in [-0.15, -0.1) is 10.2 Å². The van der Waals surface area contributed by atoms with Gasteiger partial charge in [0.2, 0.25) is 0 Å². The minimum atomic E-state index is -0.00304. The normalized spacial score (nSPS) is 14.5. The maximum absolute atomic E-state index is 12.5. The molecule has 0 atom stereocenters. The van der Waals surface area contributed by atoms with Crippen molar-refractivity contribution in [2.75, 3.05) is 20.2 Å². The highest BCUT2D eigenvalue weighted by Crippen LogP contribution is 2.22. The molecule has 2 amide bonds. The Morgan fingerprint density at radius 2 is 1.83 bits per heavy atom. The lowest BCUT2D eigenvalue weighted by molar-refractivity contribution is 0.169. The lowest BCUT2D eigenvalue weighted by Crippen LogP contribution is -2.44. The number of carbonyl (C=O) groups is 1. The van der Waals surface area contributed by atoms with Crippen LogP contribution in [0.5, 0.6) is 5.75 Å². The Kier molecular flexibility index (Phi) is 6.27. The molecule has 7 heteroatoms. The standard InChI is InChI=1S/C23H27N5O2/c1-30-21-9-7-19(8-10-21)16-24-23(29)27-13-11-18(12-14-27)15-22-26-25-17-28(22)20-5-3-2-4-6-20/h2-10,17-18H,11-16H2,1H3,(H,24,29). The largest absolute Gasteiger partial charge is 0.497 e. The molecule has 0 radical (unpaired) electrons. The summed E-state index contributed by atoms with van der Waals surface area (Å²) in [5.74, 6) is 2.29. The molecular weight excluding hydrogens is 378 g/mol. The monoisotopic (exact) mass is 405 g/mol. The van der Waals surface area contributed by atoms with Crippen LogP contribution < -0.4 is 10.1 Å². The third-order valence-corrected chi connectivity index (χ3v) is 5.63. The first kappa shape index (κ1) is 19.9. The third-order valence-electron chi connectivity index (χ3n) is 5.63. The SMILES string of the molecule is COc1ccc(CNC(=O)N2CCC(Cc3nncn3-c3ccccc3)CC2)cc1. The number of amides is 2. The summed E-state index contributed by atoms with van der Waals surface area (Å²) in [6.07, 6.45) is 4.58. The van der Waals surface area contributed by atoms with Crippen molar-refractivity contribution >= 4 is 6.03 Å². The molecule has 0 saturated carbocycles. The number of ether oxygens (including phenoxy) is 1. The Labute approximate surface area is 176 Å². The zero-order valence-electron chi connectivity index (χ0n) is 17.2. The first-order valence-corrected chi connectivity index (χ1v) is 10.3. The zero-order valence-corrected chi connectivity index (χ0v) is 17.2. The molecule has 4 rings (SSSR count). The van der Waals surface area contributed by atoms with Gasteiger partial charge < -0.3 is 15.0 Å². The van der Waals surface area contributed by atoms with Gasteiger partial charge in [-0.1, -0.05) is 30.3 Å². The van der Waals surface area contributed by atoms with Gasteiger partial charge in [0, 0.05) is 31.7 Å². The molecule has 156 valence electrons. The van der Waals surface area contributed by atoms with Crippen LogP contribution in [0.1, 0.15) is 24.2 Å². The van der Waals surface area contributed by atoms with Crippen molar-refractivity contribution in [3.8, 4) is 11.4 Å². The predicted octanol–water partition coefficient (Wildman–Crippen LogP) is 3.44. The summed E-state index contributed by atoms with van der Waals surface area (Å²) in [7, 11) is 1.64. The number of piperidine rings is 1. The summed E-state index contributed by atoms with van der Waals surface area (Å²) < 4.78 is 7.21. The molecule has 30 heavy (non-hydrogen) atoms. The van der Waals surface area contributed by atoms with Gasteiger partial charge in [-0.2, -0.15) is 0 Å². The molecule has 0 bridgehead atoms. The number of nitrogens with one attached hydrogen (secondary N) is 1. The highest BCUT2D eigenvalue weighted by atomic mass is 16.5. The van der Waals surface area contributed by atoms with Crippen LogP contribution in [-0.4, -0.2) is 45.9 Å². The summed E-state index contributed by atoms with van der Waals surface area (Å²) in [6.45, 7) is 2.04. The van der Waals surface area contributed by atoms with Crippen LogP contribution in [0, 0.1) is 5.92 Å². The number of nitrogens with zero attached hydrogens (tertiary/aromatic N) is 4. The fourth-order valence-corrected chi connectivity index (χ4v) is 3.83. The predicted molar refractivity (Wildman–Crippen MR) is 115 cm³/mol. The molecule has 1 aliphatic heterocycles. The fraction of sp³-hybridized carbons (Fsp3) is 0.348. The van der Waals surface area contributed by atoms with Crippen LogP contribution in [0.15, 0.2) is 60.9 Å². The van der Waals surface area contributed by atoms with Crippen molar-refractivity contribution in [3.63, 3.8) is 0 Å². The lowest BCUT2D eigenvalue weighted by Gasteiger charge is -2.32. The van der Waals surface area contributed by atoms with Crippen molar-refractivity contribution < 1.29 is 9.53 Å². The first-order valence-electron chi connectivity index (χ1n) is 10.3. The van der Waals surface area contributed by atoms with E-state index in [0.29, 0.717) is 12.5 Å². The van der Waals surface area contributed by atoms with E-state index in [0.717, 1.165) is 55.2 Å².